The predicted octanol–water partition coefficient (Wildman–Crippen LogP) is 2.64. The molecule has 0 atom stereocenters. The van der Waals surface area contributed by atoms with Gasteiger partial charge in [-0.2, -0.15) is 0 Å². The van der Waals surface area contributed by atoms with Gasteiger partial charge in [0.15, 0.2) is 0 Å². The van der Waals surface area contributed by atoms with Gasteiger partial charge in [0.1, 0.15) is 0 Å². The summed E-state index contributed by atoms with van der Waals surface area (Å²) in [4.78, 5) is 11.5. The molecule has 18 heavy (non-hydrogen) atoms. The molecule has 1 aromatic carbocycles. The number of amides is 1. The third-order valence-corrected chi connectivity index (χ3v) is 2.48. The third kappa shape index (κ3) is 2.74. The summed E-state index contributed by atoms with van der Waals surface area (Å²) < 4.78 is 5.38. The molecule has 0 spiro atoms. The van der Waals surface area contributed by atoms with E-state index in [2.05, 4.69) is 15.5 Å². The number of nitrogens with one attached hydrogen (secondary N) is 1. The van der Waals surface area contributed by atoms with E-state index in [1.54, 1.807) is 13.8 Å². The first kappa shape index (κ1) is 12.3. The smallest absolute Gasteiger partial charge is 0.322 e. The van der Waals surface area contributed by atoms with Gasteiger partial charge in [-0.3, -0.25) is 10.1 Å². The SMILES string of the molecule is Cc1ccc(-c2nnc(NC(=O)C(C)C)o2)cc1. The summed E-state index contributed by atoms with van der Waals surface area (Å²) in [6, 6.07) is 7.86. The first-order chi connectivity index (χ1) is 8.56. The van der Waals surface area contributed by atoms with Crippen molar-refractivity contribution in [3.05, 3.63) is 29.8 Å². The minimum Gasteiger partial charge on any atom is -0.403 e. The molecule has 0 aliphatic heterocycles. The molecule has 0 unspecified atom stereocenters. The number of carbonyl (C=O) groups is 1. The average Bonchev–Trinajstić information content (AvgIpc) is 2.78. The molecular weight excluding hydrogens is 230 g/mol. The number of rotatable bonds is 3. The van der Waals surface area contributed by atoms with Crippen LogP contribution in [0.5, 0.6) is 0 Å². The third-order valence-electron chi connectivity index (χ3n) is 2.48. The van der Waals surface area contributed by atoms with E-state index in [1.165, 1.54) is 0 Å². The normalized spacial score (nSPS) is 10.7. The number of aromatic nitrogens is 2. The van der Waals surface area contributed by atoms with Gasteiger partial charge in [0.2, 0.25) is 11.8 Å². The highest BCUT2D eigenvalue weighted by atomic mass is 16.4. The van der Waals surface area contributed by atoms with Crippen LogP contribution in [0.1, 0.15) is 19.4 Å². The van der Waals surface area contributed by atoms with Crippen molar-refractivity contribution < 1.29 is 9.21 Å². The van der Waals surface area contributed by atoms with Crippen molar-refractivity contribution in [1.82, 2.24) is 10.2 Å². The van der Waals surface area contributed by atoms with E-state index in [4.69, 9.17) is 4.42 Å². The van der Waals surface area contributed by atoms with E-state index < -0.39 is 0 Å². The second-order valence-corrected chi connectivity index (χ2v) is 4.42. The highest BCUT2D eigenvalue weighted by Crippen LogP contribution is 2.20. The molecular formula is C13H15N3O2. The Morgan fingerprint density at radius 2 is 1.89 bits per heavy atom. The van der Waals surface area contributed by atoms with Gasteiger partial charge >= 0.3 is 6.01 Å². The largest absolute Gasteiger partial charge is 0.403 e. The molecule has 1 amide bonds. The Labute approximate surface area is 105 Å². The summed E-state index contributed by atoms with van der Waals surface area (Å²) in [7, 11) is 0. The van der Waals surface area contributed by atoms with Crippen LogP contribution in [-0.2, 0) is 4.79 Å². The lowest BCUT2D eigenvalue weighted by Gasteiger charge is -2.01. The molecule has 94 valence electrons. The molecule has 1 heterocycles. The zero-order chi connectivity index (χ0) is 13.1. The summed E-state index contributed by atoms with van der Waals surface area (Å²) in [6.07, 6.45) is 0. The van der Waals surface area contributed by atoms with E-state index in [0.717, 1.165) is 11.1 Å². The number of nitrogens with zero attached hydrogens (tertiary/aromatic N) is 2. The average molecular weight is 245 g/mol. The minimum absolute atomic E-state index is 0.125. The Morgan fingerprint density at radius 1 is 1.22 bits per heavy atom. The van der Waals surface area contributed by atoms with Crippen LogP contribution in [0.4, 0.5) is 6.01 Å². The van der Waals surface area contributed by atoms with Crippen molar-refractivity contribution in [2.75, 3.05) is 5.32 Å². The molecule has 0 saturated carbocycles. The topological polar surface area (TPSA) is 68.0 Å². The monoisotopic (exact) mass is 245 g/mol. The van der Waals surface area contributed by atoms with Crippen LogP contribution < -0.4 is 5.32 Å². The molecule has 2 rings (SSSR count). The maximum Gasteiger partial charge on any atom is 0.322 e. The van der Waals surface area contributed by atoms with Gasteiger partial charge in [-0.25, -0.2) is 0 Å². The molecule has 0 fully saturated rings. The summed E-state index contributed by atoms with van der Waals surface area (Å²) in [5.74, 6) is 0.128. The Kier molecular flexibility index (Phi) is 3.41. The van der Waals surface area contributed by atoms with Crippen molar-refractivity contribution in [2.24, 2.45) is 5.92 Å². The number of aryl methyl sites for hydroxylation is 1. The van der Waals surface area contributed by atoms with E-state index in [0.29, 0.717) is 5.89 Å². The molecule has 1 N–H and O–H groups in total. The standard InChI is InChI=1S/C13H15N3O2/c1-8(2)11(17)14-13-16-15-12(18-13)10-6-4-9(3)5-7-10/h4-8H,1-3H3,(H,14,16,17). The number of anilines is 1. The van der Waals surface area contributed by atoms with E-state index in [9.17, 15) is 4.79 Å². The van der Waals surface area contributed by atoms with Gasteiger partial charge in [-0.05, 0) is 19.1 Å². The van der Waals surface area contributed by atoms with E-state index in [1.807, 2.05) is 31.2 Å². The van der Waals surface area contributed by atoms with Gasteiger partial charge in [-0.1, -0.05) is 36.6 Å². The molecule has 0 aliphatic carbocycles. The molecule has 0 aliphatic rings. The van der Waals surface area contributed by atoms with Gasteiger partial charge < -0.3 is 4.42 Å². The Balaban J connectivity index is 2.15. The molecule has 0 bridgehead atoms. The van der Waals surface area contributed by atoms with Crippen LogP contribution in [0.3, 0.4) is 0 Å². The zero-order valence-electron chi connectivity index (χ0n) is 10.6. The van der Waals surface area contributed by atoms with Crippen LogP contribution in [-0.4, -0.2) is 16.1 Å². The molecule has 0 saturated heterocycles. The van der Waals surface area contributed by atoms with Crippen LogP contribution in [0.15, 0.2) is 28.7 Å². The lowest BCUT2D eigenvalue weighted by Crippen LogP contribution is -2.17. The van der Waals surface area contributed by atoms with Gasteiger partial charge in [0.25, 0.3) is 0 Å². The number of carbonyl (C=O) groups excluding carboxylic acids is 1. The number of hydrogen-bond donors (Lipinski definition) is 1. The van der Waals surface area contributed by atoms with E-state index in [-0.39, 0.29) is 17.8 Å². The fraction of sp³-hybridized carbons (Fsp3) is 0.308. The molecule has 5 heteroatoms. The number of hydrogen-bond acceptors (Lipinski definition) is 4. The number of benzene rings is 1. The quantitative estimate of drug-likeness (QED) is 0.902. The van der Waals surface area contributed by atoms with Crippen LogP contribution >= 0.6 is 0 Å². The summed E-state index contributed by atoms with van der Waals surface area (Å²) in [5, 5.41) is 10.2. The summed E-state index contributed by atoms with van der Waals surface area (Å²) in [6.45, 7) is 5.60. The van der Waals surface area contributed by atoms with Crippen molar-refractivity contribution in [3.8, 4) is 11.5 Å². The molecule has 5 nitrogen and oxygen atoms in total. The summed E-state index contributed by atoms with van der Waals surface area (Å²) in [5.41, 5.74) is 1.99. The Hall–Kier alpha value is -2.17. The van der Waals surface area contributed by atoms with Crippen molar-refractivity contribution in [3.63, 3.8) is 0 Å². The van der Waals surface area contributed by atoms with Crippen molar-refractivity contribution in [1.29, 1.82) is 0 Å². The second-order valence-electron chi connectivity index (χ2n) is 4.42. The lowest BCUT2D eigenvalue weighted by molar-refractivity contribution is -0.119. The van der Waals surface area contributed by atoms with Gasteiger partial charge in [0.05, 0.1) is 0 Å². The van der Waals surface area contributed by atoms with E-state index >= 15 is 0 Å². The van der Waals surface area contributed by atoms with Crippen LogP contribution in [0.2, 0.25) is 0 Å². The fourth-order valence-electron chi connectivity index (χ4n) is 1.34. The minimum atomic E-state index is -0.144. The van der Waals surface area contributed by atoms with Crippen molar-refractivity contribution in [2.45, 2.75) is 20.8 Å². The van der Waals surface area contributed by atoms with Crippen molar-refractivity contribution >= 4 is 11.9 Å². The zero-order valence-corrected chi connectivity index (χ0v) is 10.6. The van der Waals surface area contributed by atoms with Crippen LogP contribution in [0.25, 0.3) is 11.5 Å². The first-order valence-corrected chi connectivity index (χ1v) is 5.77. The fourth-order valence-corrected chi connectivity index (χ4v) is 1.34. The Morgan fingerprint density at radius 3 is 2.50 bits per heavy atom. The van der Waals surface area contributed by atoms with Gasteiger partial charge in [0, 0.05) is 11.5 Å². The predicted molar refractivity (Wildman–Crippen MR) is 67.9 cm³/mol. The summed E-state index contributed by atoms with van der Waals surface area (Å²) >= 11 is 0. The first-order valence-electron chi connectivity index (χ1n) is 5.77. The maximum absolute atomic E-state index is 11.5. The molecule has 2 aromatic rings. The highest BCUT2D eigenvalue weighted by molar-refractivity contribution is 5.90. The lowest BCUT2D eigenvalue weighted by atomic mass is 10.1. The highest BCUT2D eigenvalue weighted by Gasteiger charge is 2.13. The second kappa shape index (κ2) is 5.00. The van der Waals surface area contributed by atoms with Gasteiger partial charge in [-0.15, -0.1) is 5.10 Å². The molecule has 1 aromatic heterocycles. The van der Waals surface area contributed by atoms with Crippen LogP contribution in [0, 0.1) is 12.8 Å². The molecule has 0 radical (unpaired) electrons. The Bertz CT molecular complexity index is 544. The maximum atomic E-state index is 11.5.